The lowest BCUT2D eigenvalue weighted by Crippen LogP contribution is -2.32. The van der Waals surface area contributed by atoms with Gasteiger partial charge in [-0.2, -0.15) is 0 Å². The number of anilines is 1. The smallest absolute Gasteiger partial charge is 0.183 e. The first-order valence-electron chi connectivity index (χ1n) is 4.23. The van der Waals surface area contributed by atoms with Crippen LogP contribution in [0.1, 0.15) is 24.4 Å². The van der Waals surface area contributed by atoms with Crippen LogP contribution in [0.4, 0.5) is 5.13 Å². The maximum absolute atomic E-state index is 5.80. The van der Waals surface area contributed by atoms with E-state index in [4.69, 9.17) is 11.6 Å². The highest BCUT2D eigenvalue weighted by molar-refractivity contribution is 7.15. The van der Waals surface area contributed by atoms with Crippen LogP contribution < -0.4 is 5.32 Å². The van der Waals surface area contributed by atoms with Gasteiger partial charge in [0.05, 0.1) is 5.69 Å². The van der Waals surface area contributed by atoms with Crippen molar-refractivity contribution in [2.75, 3.05) is 11.2 Å². The van der Waals surface area contributed by atoms with Gasteiger partial charge in [0.25, 0.3) is 0 Å². The Morgan fingerprint density at radius 1 is 1.46 bits per heavy atom. The summed E-state index contributed by atoms with van der Waals surface area (Å²) in [6.07, 6.45) is 0. The van der Waals surface area contributed by atoms with Crippen LogP contribution in [-0.2, 0) is 0 Å². The van der Waals surface area contributed by atoms with Crippen molar-refractivity contribution >= 4 is 28.1 Å². The molecule has 0 unspecified atom stereocenters. The molecule has 1 aromatic heterocycles. The third-order valence-corrected chi connectivity index (χ3v) is 3.46. The molecule has 0 amide bonds. The van der Waals surface area contributed by atoms with E-state index in [2.05, 4.69) is 31.1 Å². The molecule has 0 bridgehead atoms. The van der Waals surface area contributed by atoms with Crippen LogP contribution in [0.25, 0.3) is 0 Å². The second-order valence-corrected chi connectivity index (χ2v) is 5.27. The van der Waals surface area contributed by atoms with Crippen molar-refractivity contribution in [3.8, 4) is 0 Å². The Hall–Kier alpha value is -0.280. The minimum absolute atomic E-state index is 0.0850. The topological polar surface area (TPSA) is 24.9 Å². The highest BCUT2D eigenvalue weighted by atomic mass is 35.5. The summed E-state index contributed by atoms with van der Waals surface area (Å²) in [5.41, 5.74) is 1.01. The lowest BCUT2D eigenvalue weighted by molar-refractivity contribution is 0.640. The van der Waals surface area contributed by atoms with E-state index in [0.717, 1.165) is 10.8 Å². The van der Waals surface area contributed by atoms with E-state index in [1.165, 1.54) is 4.88 Å². The SMILES string of the molecule is Cc1nc(NC(C)(C)CCl)sc1C. The fourth-order valence-electron chi connectivity index (χ4n) is 0.849. The van der Waals surface area contributed by atoms with E-state index < -0.39 is 0 Å². The molecule has 1 aromatic rings. The molecule has 74 valence electrons. The number of rotatable bonds is 3. The molecule has 0 atom stereocenters. The molecule has 2 nitrogen and oxygen atoms in total. The van der Waals surface area contributed by atoms with Gasteiger partial charge in [-0.05, 0) is 27.7 Å². The normalized spacial score (nSPS) is 11.8. The zero-order valence-corrected chi connectivity index (χ0v) is 10.0. The summed E-state index contributed by atoms with van der Waals surface area (Å²) in [7, 11) is 0. The van der Waals surface area contributed by atoms with E-state index in [1.54, 1.807) is 11.3 Å². The van der Waals surface area contributed by atoms with Crippen molar-refractivity contribution in [2.24, 2.45) is 0 Å². The molecule has 0 saturated heterocycles. The molecular formula is C9H15ClN2S. The van der Waals surface area contributed by atoms with Gasteiger partial charge in [-0.25, -0.2) is 4.98 Å². The van der Waals surface area contributed by atoms with E-state index in [9.17, 15) is 0 Å². The largest absolute Gasteiger partial charge is 0.355 e. The number of aromatic nitrogens is 1. The van der Waals surface area contributed by atoms with Crippen molar-refractivity contribution in [3.63, 3.8) is 0 Å². The number of thiazole rings is 1. The lowest BCUT2D eigenvalue weighted by Gasteiger charge is -2.22. The number of hydrogen-bond donors (Lipinski definition) is 1. The summed E-state index contributed by atoms with van der Waals surface area (Å²) in [6, 6.07) is 0. The van der Waals surface area contributed by atoms with Gasteiger partial charge in [-0.15, -0.1) is 22.9 Å². The predicted molar refractivity (Wildman–Crippen MR) is 60.0 cm³/mol. The molecule has 4 heteroatoms. The third-order valence-electron chi connectivity index (χ3n) is 1.81. The monoisotopic (exact) mass is 218 g/mol. The van der Waals surface area contributed by atoms with Gasteiger partial charge in [-0.1, -0.05) is 0 Å². The second kappa shape index (κ2) is 3.84. The fraction of sp³-hybridized carbons (Fsp3) is 0.667. The Bertz CT molecular complexity index is 274. The number of hydrogen-bond acceptors (Lipinski definition) is 3. The maximum atomic E-state index is 5.80. The van der Waals surface area contributed by atoms with Crippen LogP contribution in [0, 0.1) is 13.8 Å². The van der Waals surface area contributed by atoms with Crippen molar-refractivity contribution < 1.29 is 0 Å². The van der Waals surface area contributed by atoms with E-state index in [0.29, 0.717) is 5.88 Å². The van der Waals surface area contributed by atoms with Gasteiger partial charge in [-0.3, -0.25) is 0 Å². The summed E-state index contributed by atoms with van der Waals surface area (Å²) in [5.74, 6) is 0.574. The fourth-order valence-corrected chi connectivity index (χ4v) is 1.91. The van der Waals surface area contributed by atoms with E-state index >= 15 is 0 Å². The Labute approximate surface area is 88.3 Å². The predicted octanol–water partition coefficient (Wildman–Crippen LogP) is 3.19. The van der Waals surface area contributed by atoms with Crippen molar-refractivity contribution in [2.45, 2.75) is 33.2 Å². The average Bonchev–Trinajstić information content (AvgIpc) is 2.30. The zero-order chi connectivity index (χ0) is 10.1. The Morgan fingerprint density at radius 2 is 2.08 bits per heavy atom. The van der Waals surface area contributed by atoms with Gasteiger partial charge >= 0.3 is 0 Å². The van der Waals surface area contributed by atoms with Crippen LogP contribution in [0.3, 0.4) is 0 Å². The first-order chi connectivity index (χ1) is 5.94. The molecule has 0 fully saturated rings. The van der Waals surface area contributed by atoms with Gasteiger partial charge in [0, 0.05) is 16.3 Å². The molecule has 0 aliphatic carbocycles. The summed E-state index contributed by atoms with van der Waals surface area (Å²) in [6.45, 7) is 8.22. The Kier molecular flexibility index (Phi) is 3.19. The van der Waals surface area contributed by atoms with Crippen LogP contribution in [0.15, 0.2) is 0 Å². The molecule has 1 N–H and O–H groups in total. The third kappa shape index (κ3) is 2.85. The second-order valence-electron chi connectivity index (χ2n) is 3.80. The summed E-state index contributed by atoms with van der Waals surface area (Å²) in [4.78, 5) is 5.65. The highest BCUT2D eigenvalue weighted by Gasteiger charge is 2.17. The summed E-state index contributed by atoms with van der Waals surface area (Å²) >= 11 is 7.48. The quantitative estimate of drug-likeness (QED) is 0.789. The Balaban J connectivity index is 2.75. The number of halogens is 1. The molecule has 0 radical (unpaired) electrons. The molecule has 13 heavy (non-hydrogen) atoms. The lowest BCUT2D eigenvalue weighted by atomic mass is 10.1. The number of aryl methyl sites for hydroxylation is 2. The molecule has 0 saturated carbocycles. The minimum Gasteiger partial charge on any atom is -0.355 e. The molecule has 1 rings (SSSR count). The first kappa shape index (κ1) is 10.8. The molecule has 0 spiro atoms. The molecule has 0 aromatic carbocycles. The zero-order valence-electron chi connectivity index (χ0n) is 8.44. The van der Waals surface area contributed by atoms with Crippen molar-refractivity contribution in [1.82, 2.24) is 4.98 Å². The number of nitrogens with one attached hydrogen (secondary N) is 1. The van der Waals surface area contributed by atoms with Crippen LogP contribution in [0.5, 0.6) is 0 Å². The van der Waals surface area contributed by atoms with Crippen molar-refractivity contribution in [3.05, 3.63) is 10.6 Å². The number of nitrogens with zero attached hydrogens (tertiary/aromatic N) is 1. The van der Waals surface area contributed by atoms with Gasteiger partial charge in [0.2, 0.25) is 0 Å². The standard InChI is InChI=1S/C9H15ClN2S/c1-6-7(2)13-8(11-6)12-9(3,4)5-10/h5H2,1-4H3,(H,11,12). The summed E-state index contributed by atoms with van der Waals surface area (Å²) < 4.78 is 0. The highest BCUT2D eigenvalue weighted by Crippen LogP contribution is 2.24. The van der Waals surface area contributed by atoms with E-state index in [-0.39, 0.29) is 5.54 Å². The summed E-state index contributed by atoms with van der Waals surface area (Å²) in [5, 5.41) is 4.26. The molecule has 0 aliphatic rings. The average molecular weight is 219 g/mol. The van der Waals surface area contributed by atoms with Gasteiger partial charge < -0.3 is 5.32 Å². The van der Waals surface area contributed by atoms with E-state index in [1.807, 2.05) is 6.92 Å². The van der Waals surface area contributed by atoms with Crippen LogP contribution in [-0.4, -0.2) is 16.4 Å². The van der Waals surface area contributed by atoms with Gasteiger partial charge in [0.1, 0.15) is 0 Å². The first-order valence-corrected chi connectivity index (χ1v) is 5.58. The van der Waals surface area contributed by atoms with Gasteiger partial charge in [0.15, 0.2) is 5.13 Å². The maximum Gasteiger partial charge on any atom is 0.183 e. The molecule has 1 heterocycles. The molecular weight excluding hydrogens is 204 g/mol. The Morgan fingerprint density at radius 3 is 2.46 bits per heavy atom. The van der Waals surface area contributed by atoms with Crippen molar-refractivity contribution in [1.29, 1.82) is 0 Å². The molecule has 0 aliphatic heterocycles. The number of alkyl halides is 1. The van der Waals surface area contributed by atoms with Crippen LogP contribution in [0.2, 0.25) is 0 Å². The van der Waals surface area contributed by atoms with Crippen LogP contribution >= 0.6 is 22.9 Å². The minimum atomic E-state index is -0.0850.